The highest BCUT2D eigenvalue weighted by molar-refractivity contribution is 5.32. The third kappa shape index (κ3) is 2.50. The number of ether oxygens (including phenoxy) is 1. The SMILES string of the molecule is Cc1ccc(C2CCCN2CC2(CO)COC2)cc1C. The van der Waals surface area contributed by atoms with Gasteiger partial charge in [0.25, 0.3) is 0 Å². The molecule has 2 fully saturated rings. The normalized spacial score (nSPS) is 25.6. The molecule has 2 aliphatic heterocycles. The van der Waals surface area contributed by atoms with Gasteiger partial charge in [0.05, 0.1) is 25.2 Å². The monoisotopic (exact) mass is 275 g/mol. The highest BCUT2D eigenvalue weighted by atomic mass is 16.5. The van der Waals surface area contributed by atoms with Crippen LogP contribution in [0.5, 0.6) is 0 Å². The van der Waals surface area contributed by atoms with E-state index >= 15 is 0 Å². The molecule has 3 nitrogen and oxygen atoms in total. The summed E-state index contributed by atoms with van der Waals surface area (Å²) in [6, 6.07) is 7.35. The summed E-state index contributed by atoms with van der Waals surface area (Å²) in [7, 11) is 0. The lowest BCUT2D eigenvalue weighted by atomic mass is 9.86. The number of aliphatic hydroxyl groups excluding tert-OH is 1. The maximum Gasteiger partial charge on any atom is 0.0579 e. The Hall–Kier alpha value is -0.900. The van der Waals surface area contributed by atoms with Gasteiger partial charge in [-0.2, -0.15) is 0 Å². The van der Waals surface area contributed by atoms with E-state index in [1.54, 1.807) is 0 Å². The molecule has 2 saturated heterocycles. The van der Waals surface area contributed by atoms with Gasteiger partial charge < -0.3 is 9.84 Å². The van der Waals surface area contributed by atoms with E-state index < -0.39 is 0 Å². The van der Waals surface area contributed by atoms with Crippen LogP contribution in [0.2, 0.25) is 0 Å². The molecule has 2 heterocycles. The molecule has 0 spiro atoms. The van der Waals surface area contributed by atoms with Crippen LogP contribution in [-0.4, -0.2) is 42.9 Å². The number of nitrogens with zero attached hydrogens (tertiary/aromatic N) is 1. The molecule has 20 heavy (non-hydrogen) atoms. The number of likely N-dealkylation sites (tertiary alicyclic amines) is 1. The fraction of sp³-hybridized carbons (Fsp3) is 0.647. The van der Waals surface area contributed by atoms with Crippen LogP contribution >= 0.6 is 0 Å². The number of benzene rings is 1. The molecule has 0 amide bonds. The smallest absolute Gasteiger partial charge is 0.0579 e. The third-order valence-corrected chi connectivity index (χ3v) is 4.97. The average molecular weight is 275 g/mol. The van der Waals surface area contributed by atoms with Gasteiger partial charge >= 0.3 is 0 Å². The van der Waals surface area contributed by atoms with Crippen molar-refractivity contribution in [2.75, 3.05) is 32.9 Å². The summed E-state index contributed by atoms with van der Waals surface area (Å²) in [4.78, 5) is 2.54. The topological polar surface area (TPSA) is 32.7 Å². The summed E-state index contributed by atoms with van der Waals surface area (Å²) < 4.78 is 5.33. The fourth-order valence-corrected chi connectivity index (χ4v) is 3.42. The number of rotatable bonds is 4. The van der Waals surface area contributed by atoms with Gasteiger partial charge in [-0.3, -0.25) is 4.90 Å². The summed E-state index contributed by atoms with van der Waals surface area (Å²) in [5.74, 6) is 0. The van der Waals surface area contributed by atoms with Crippen LogP contribution in [0, 0.1) is 19.3 Å². The van der Waals surface area contributed by atoms with Crippen LogP contribution in [0.25, 0.3) is 0 Å². The Morgan fingerprint density at radius 2 is 2.10 bits per heavy atom. The van der Waals surface area contributed by atoms with Crippen molar-refractivity contribution in [3.05, 3.63) is 34.9 Å². The predicted molar refractivity (Wildman–Crippen MR) is 79.8 cm³/mol. The molecule has 0 saturated carbocycles. The van der Waals surface area contributed by atoms with Gasteiger partial charge in [0.1, 0.15) is 0 Å². The first-order valence-electron chi connectivity index (χ1n) is 7.63. The first-order valence-corrected chi connectivity index (χ1v) is 7.63. The molecule has 0 radical (unpaired) electrons. The predicted octanol–water partition coefficient (Wildman–Crippen LogP) is 2.45. The van der Waals surface area contributed by atoms with Gasteiger partial charge in [-0.25, -0.2) is 0 Å². The van der Waals surface area contributed by atoms with E-state index in [-0.39, 0.29) is 12.0 Å². The second-order valence-electron chi connectivity index (χ2n) is 6.62. The highest BCUT2D eigenvalue weighted by Crippen LogP contribution is 2.37. The van der Waals surface area contributed by atoms with E-state index in [1.165, 1.54) is 29.5 Å². The fourth-order valence-electron chi connectivity index (χ4n) is 3.42. The molecule has 1 N–H and O–H groups in total. The minimum absolute atomic E-state index is 0.0116. The Bertz CT molecular complexity index is 476. The molecule has 2 aliphatic rings. The van der Waals surface area contributed by atoms with Crippen LogP contribution in [0.3, 0.4) is 0 Å². The minimum atomic E-state index is -0.0116. The molecule has 1 aromatic carbocycles. The molecule has 0 bridgehead atoms. The summed E-state index contributed by atoms with van der Waals surface area (Å²) >= 11 is 0. The molecular weight excluding hydrogens is 250 g/mol. The maximum atomic E-state index is 9.63. The van der Waals surface area contributed by atoms with Crippen LogP contribution < -0.4 is 0 Å². The van der Waals surface area contributed by atoms with Gasteiger partial charge in [0.2, 0.25) is 0 Å². The lowest BCUT2D eigenvalue weighted by molar-refractivity contribution is -0.149. The standard InChI is InChI=1S/C17H25NO2/c1-13-5-6-15(8-14(13)2)16-4-3-7-18(16)9-17(10-19)11-20-12-17/h5-6,8,16,19H,3-4,7,9-12H2,1-2H3. The van der Waals surface area contributed by atoms with Crippen LogP contribution in [0.15, 0.2) is 18.2 Å². The summed E-state index contributed by atoms with van der Waals surface area (Å²) in [6.07, 6.45) is 2.48. The van der Waals surface area contributed by atoms with E-state index in [0.717, 1.165) is 13.1 Å². The van der Waals surface area contributed by atoms with Crippen molar-refractivity contribution in [3.63, 3.8) is 0 Å². The van der Waals surface area contributed by atoms with Crippen molar-refractivity contribution in [2.24, 2.45) is 5.41 Å². The molecule has 0 aromatic heterocycles. The summed E-state index contributed by atoms with van der Waals surface area (Å²) in [5.41, 5.74) is 4.15. The first kappa shape index (κ1) is 14.1. The van der Waals surface area contributed by atoms with Gasteiger partial charge in [-0.15, -0.1) is 0 Å². The van der Waals surface area contributed by atoms with E-state index in [2.05, 4.69) is 36.9 Å². The van der Waals surface area contributed by atoms with Crippen molar-refractivity contribution in [1.82, 2.24) is 4.90 Å². The lowest BCUT2D eigenvalue weighted by Gasteiger charge is -2.43. The molecular formula is C17H25NO2. The third-order valence-electron chi connectivity index (χ3n) is 4.97. The number of aryl methyl sites for hydroxylation is 2. The molecule has 1 aromatic rings. The Balaban J connectivity index is 1.76. The molecule has 1 atom stereocenters. The molecule has 3 rings (SSSR count). The van der Waals surface area contributed by atoms with E-state index in [4.69, 9.17) is 4.74 Å². The Morgan fingerprint density at radius 3 is 2.70 bits per heavy atom. The zero-order valence-corrected chi connectivity index (χ0v) is 12.6. The largest absolute Gasteiger partial charge is 0.396 e. The van der Waals surface area contributed by atoms with Crippen molar-refractivity contribution >= 4 is 0 Å². The van der Waals surface area contributed by atoms with Crippen molar-refractivity contribution < 1.29 is 9.84 Å². The Kier molecular flexibility index (Phi) is 3.85. The molecule has 3 heteroatoms. The average Bonchev–Trinajstić information content (AvgIpc) is 2.85. The number of aliphatic hydroxyl groups is 1. The number of hydrogen-bond donors (Lipinski definition) is 1. The zero-order chi connectivity index (χ0) is 14.2. The van der Waals surface area contributed by atoms with Crippen molar-refractivity contribution in [2.45, 2.75) is 32.7 Å². The second kappa shape index (κ2) is 5.47. The molecule has 110 valence electrons. The maximum absolute atomic E-state index is 9.63. The number of hydrogen-bond acceptors (Lipinski definition) is 3. The zero-order valence-electron chi connectivity index (χ0n) is 12.6. The molecule has 1 unspecified atom stereocenters. The second-order valence-corrected chi connectivity index (χ2v) is 6.62. The van der Waals surface area contributed by atoms with Gasteiger partial charge in [0, 0.05) is 12.6 Å². The Labute approximate surface area is 121 Å². The Morgan fingerprint density at radius 1 is 1.30 bits per heavy atom. The summed E-state index contributed by atoms with van der Waals surface area (Å²) in [6.45, 7) is 8.11. The van der Waals surface area contributed by atoms with Crippen LogP contribution in [0.1, 0.15) is 35.6 Å². The van der Waals surface area contributed by atoms with Crippen LogP contribution in [-0.2, 0) is 4.74 Å². The quantitative estimate of drug-likeness (QED) is 0.916. The van der Waals surface area contributed by atoms with Crippen molar-refractivity contribution in [1.29, 1.82) is 0 Å². The molecule has 0 aliphatic carbocycles. The minimum Gasteiger partial charge on any atom is -0.396 e. The summed E-state index contributed by atoms with van der Waals surface area (Å²) in [5, 5.41) is 9.63. The lowest BCUT2D eigenvalue weighted by Crippen LogP contribution is -2.53. The van der Waals surface area contributed by atoms with Crippen molar-refractivity contribution in [3.8, 4) is 0 Å². The van der Waals surface area contributed by atoms with Gasteiger partial charge in [-0.1, -0.05) is 18.2 Å². The highest BCUT2D eigenvalue weighted by Gasteiger charge is 2.42. The van der Waals surface area contributed by atoms with Gasteiger partial charge in [-0.05, 0) is 49.9 Å². The van der Waals surface area contributed by atoms with E-state index in [0.29, 0.717) is 19.3 Å². The van der Waals surface area contributed by atoms with E-state index in [1.807, 2.05) is 0 Å². The van der Waals surface area contributed by atoms with Gasteiger partial charge in [0.15, 0.2) is 0 Å². The van der Waals surface area contributed by atoms with Crippen LogP contribution in [0.4, 0.5) is 0 Å². The van der Waals surface area contributed by atoms with E-state index in [9.17, 15) is 5.11 Å². The first-order chi connectivity index (χ1) is 9.63.